The average Bonchev–Trinajstić information content (AvgIpc) is 2.78. The molecular formula is C15H19NOS. The number of nitrogens with zero attached hydrogens (tertiary/aromatic N) is 1. The second-order valence-electron chi connectivity index (χ2n) is 4.89. The molecule has 1 aromatic rings. The lowest BCUT2D eigenvalue weighted by Crippen LogP contribution is -2.35. The first kappa shape index (κ1) is 13.5. The summed E-state index contributed by atoms with van der Waals surface area (Å²) < 4.78 is 0. The van der Waals surface area contributed by atoms with Crippen molar-refractivity contribution in [3.63, 3.8) is 0 Å². The Morgan fingerprint density at radius 1 is 1.39 bits per heavy atom. The van der Waals surface area contributed by atoms with Crippen LogP contribution >= 0.6 is 11.8 Å². The van der Waals surface area contributed by atoms with Gasteiger partial charge in [-0.15, -0.1) is 0 Å². The van der Waals surface area contributed by atoms with Crippen LogP contribution in [0, 0.1) is 16.7 Å². The normalized spacial score (nSPS) is 18.1. The molecule has 0 saturated heterocycles. The quantitative estimate of drug-likeness (QED) is 0.829. The van der Waals surface area contributed by atoms with E-state index in [0.717, 1.165) is 11.5 Å². The zero-order valence-corrected chi connectivity index (χ0v) is 11.5. The molecular weight excluding hydrogens is 242 g/mol. The van der Waals surface area contributed by atoms with E-state index in [9.17, 15) is 10.4 Å². The number of hydrogen-bond donors (Lipinski definition) is 1. The van der Waals surface area contributed by atoms with Crippen LogP contribution in [0.15, 0.2) is 24.3 Å². The topological polar surface area (TPSA) is 44.0 Å². The number of thioether (sulfide) groups is 1. The monoisotopic (exact) mass is 261 g/mol. The Morgan fingerprint density at radius 2 is 2.00 bits per heavy atom. The van der Waals surface area contributed by atoms with Crippen LogP contribution in [0.4, 0.5) is 0 Å². The van der Waals surface area contributed by atoms with Crippen molar-refractivity contribution in [3.8, 4) is 6.07 Å². The first-order valence-corrected chi connectivity index (χ1v) is 7.61. The zero-order chi connectivity index (χ0) is 13.0. The van der Waals surface area contributed by atoms with Gasteiger partial charge in [-0.1, -0.05) is 31.2 Å². The third-order valence-electron chi connectivity index (χ3n) is 3.73. The Labute approximate surface area is 113 Å². The number of hydrogen-bond acceptors (Lipinski definition) is 3. The Hall–Kier alpha value is -0.980. The molecule has 1 aromatic carbocycles. The highest BCUT2D eigenvalue weighted by Gasteiger charge is 2.43. The van der Waals surface area contributed by atoms with Crippen molar-refractivity contribution >= 4 is 11.8 Å². The van der Waals surface area contributed by atoms with E-state index in [-0.39, 0.29) is 0 Å². The fourth-order valence-electron chi connectivity index (χ4n) is 2.65. The predicted octanol–water partition coefficient (Wildman–Crippen LogP) is 2.80. The van der Waals surface area contributed by atoms with Crippen LogP contribution in [0.2, 0.25) is 0 Å². The lowest BCUT2D eigenvalue weighted by atomic mass is 9.79. The van der Waals surface area contributed by atoms with E-state index in [4.69, 9.17) is 0 Å². The SMILES string of the molecule is CCSCCC(O)C1(C#N)Cc2ccccc2C1. The van der Waals surface area contributed by atoms with Gasteiger partial charge in [0.2, 0.25) is 0 Å². The van der Waals surface area contributed by atoms with Crippen molar-refractivity contribution in [1.82, 2.24) is 0 Å². The number of aliphatic hydroxyl groups excluding tert-OH is 1. The molecule has 0 spiro atoms. The third-order valence-corrected chi connectivity index (χ3v) is 4.66. The Morgan fingerprint density at radius 3 is 2.50 bits per heavy atom. The van der Waals surface area contributed by atoms with E-state index < -0.39 is 11.5 Å². The van der Waals surface area contributed by atoms with Crippen molar-refractivity contribution in [3.05, 3.63) is 35.4 Å². The number of rotatable bonds is 5. The summed E-state index contributed by atoms with van der Waals surface area (Å²) in [5.74, 6) is 1.99. The van der Waals surface area contributed by atoms with Crippen molar-refractivity contribution in [2.24, 2.45) is 5.41 Å². The summed E-state index contributed by atoms with van der Waals surface area (Å²) in [6, 6.07) is 10.5. The van der Waals surface area contributed by atoms with E-state index in [1.54, 1.807) is 0 Å². The van der Waals surface area contributed by atoms with Crippen LogP contribution in [-0.4, -0.2) is 22.7 Å². The number of benzene rings is 1. The van der Waals surface area contributed by atoms with E-state index in [2.05, 4.69) is 25.1 Å². The highest BCUT2D eigenvalue weighted by atomic mass is 32.2. The number of fused-ring (bicyclic) bond motifs is 1. The summed E-state index contributed by atoms with van der Waals surface area (Å²) in [5, 5.41) is 19.9. The first-order chi connectivity index (χ1) is 8.72. The number of aliphatic hydroxyl groups is 1. The summed E-state index contributed by atoms with van der Waals surface area (Å²) in [7, 11) is 0. The smallest absolute Gasteiger partial charge is 0.0912 e. The maximum Gasteiger partial charge on any atom is 0.0912 e. The van der Waals surface area contributed by atoms with Gasteiger partial charge in [-0.3, -0.25) is 0 Å². The summed E-state index contributed by atoms with van der Waals surface area (Å²) >= 11 is 1.82. The molecule has 0 amide bonds. The molecule has 2 rings (SSSR count). The van der Waals surface area contributed by atoms with Gasteiger partial charge < -0.3 is 5.11 Å². The van der Waals surface area contributed by atoms with Crippen LogP contribution in [0.1, 0.15) is 24.5 Å². The van der Waals surface area contributed by atoms with Crippen LogP contribution < -0.4 is 0 Å². The summed E-state index contributed by atoms with van der Waals surface area (Å²) in [4.78, 5) is 0. The van der Waals surface area contributed by atoms with Gasteiger partial charge in [0.1, 0.15) is 0 Å². The van der Waals surface area contributed by atoms with E-state index >= 15 is 0 Å². The van der Waals surface area contributed by atoms with Crippen LogP contribution in [0.3, 0.4) is 0 Å². The summed E-state index contributed by atoms with van der Waals surface area (Å²) in [6.45, 7) is 2.11. The van der Waals surface area contributed by atoms with Gasteiger partial charge in [0.15, 0.2) is 0 Å². The van der Waals surface area contributed by atoms with Gasteiger partial charge in [0.05, 0.1) is 17.6 Å². The molecule has 0 aliphatic heterocycles. The Kier molecular flexibility index (Phi) is 4.31. The van der Waals surface area contributed by atoms with Gasteiger partial charge in [-0.25, -0.2) is 0 Å². The van der Waals surface area contributed by atoms with Crippen molar-refractivity contribution in [1.29, 1.82) is 5.26 Å². The minimum absolute atomic E-state index is 0.519. The first-order valence-electron chi connectivity index (χ1n) is 6.45. The van der Waals surface area contributed by atoms with E-state index in [1.807, 2.05) is 23.9 Å². The minimum atomic E-state index is -0.599. The van der Waals surface area contributed by atoms with Crippen LogP contribution in [0.5, 0.6) is 0 Å². The van der Waals surface area contributed by atoms with Crippen molar-refractivity contribution in [2.45, 2.75) is 32.3 Å². The third kappa shape index (κ3) is 2.55. The highest BCUT2D eigenvalue weighted by Crippen LogP contribution is 2.40. The molecule has 0 bridgehead atoms. The van der Waals surface area contributed by atoms with Gasteiger partial charge in [-0.05, 0) is 41.9 Å². The molecule has 0 aromatic heterocycles. The molecule has 0 radical (unpaired) electrons. The molecule has 18 heavy (non-hydrogen) atoms. The maximum atomic E-state index is 10.4. The molecule has 3 heteroatoms. The lowest BCUT2D eigenvalue weighted by Gasteiger charge is -2.26. The highest BCUT2D eigenvalue weighted by molar-refractivity contribution is 7.99. The van der Waals surface area contributed by atoms with Crippen LogP contribution in [0.25, 0.3) is 0 Å². The molecule has 1 unspecified atom stereocenters. The molecule has 0 heterocycles. The lowest BCUT2D eigenvalue weighted by molar-refractivity contribution is 0.0675. The molecule has 0 fully saturated rings. The molecule has 1 aliphatic rings. The largest absolute Gasteiger partial charge is 0.391 e. The fourth-order valence-corrected chi connectivity index (χ4v) is 3.33. The summed E-state index contributed by atoms with van der Waals surface area (Å²) in [6.07, 6.45) is 1.57. The molecule has 1 atom stereocenters. The minimum Gasteiger partial charge on any atom is -0.391 e. The van der Waals surface area contributed by atoms with Crippen molar-refractivity contribution < 1.29 is 5.11 Å². The Balaban J connectivity index is 2.08. The van der Waals surface area contributed by atoms with Gasteiger partial charge in [0, 0.05) is 0 Å². The second kappa shape index (κ2) is 5.77. The Bertz CT molecular complexity index is 427. The van der Waals surface area contributed by atoms with Gasteiger partial charge in [-0.2, -0.15) is 17.0 Å². The van der Waals surface area contributed by atoms with Gasteiger partial charge in [0.25, 0.3) is 0 Å². The van der Waals surface area contributed by atoms with Gasteiger partial charge >= 0.3 is 0 Å². The standard InChI is InChI=1S/C15H19NOS/c1-2-18-8-7-14(17)15(11-16)9-12-5-3-4-6-13(12)10-15/h3-6,14,17H,2,7-10H2,1H3. The molecule has 1 N–H and O–H groups in total. The number of nitriles is 1. The maximum absolute atomic E-state index is 10.4. The summed E-state index contributed by atoms with van der Waals surface area (Å²) in [5.41, 5.74) is 1.85. The zero-order valence-electron chi connectivity index (χ0n) is 10.7. The molecule has 96 valence electrons. The van der Waals surface area contributed by atoms with E-state index in [1.165, 1.54) is 11.1 Å². The molecule has 1 aliphatic carbocycles. The van der Waals surface area contributed by atoms with Crippen LogP contribution in [-0.2, 0) is 12.8 Å². The second-order valence-corrected chi connectivity index (χ2v) is 6.29. The fraction of sp³-hybridized carbons (Fsp3) is 0.533. The average molecular weight is 261 g/mol. The van der Waals surface area contributed by atoms with Crippen molar-refractivity contribution in [2.75, 3.05) is 11.5 Å². The van der Waals surface area contributed by atoms with E-state index in [0.29, 0.717) is 19.3 Å². The predicted molar refractivity (Wildman–Crippen MR) is 75.5 cm³/mol. The molecule has 0 saturated carbocycles. The molecule has 2 nitrogen and oxygen atoms in total.